The van der Waals surface area contributed by atoms with Gasteiger partial charge in [0.1, 0.15) is 12.4 Å². The fourth-order valence-corrected chi connectivity index (χ4v) is 1.67. The molecule has 0 aliphatic carbocycles. The van der Waals surface area contributed by atoms with Crippen LogP contribution in [0.5, 0.6) is 5.75 Å². The number of hydrogen-bond acceptors (Lipinski definition) is 3. The molecular formula is C16H26N2O2. The predicted molar refractivity (Wildman–Crippen MR) is 82.1 cm³/mol. The van der Waals surface area contributed by atoms with Gasteiger partial charge in [0.25, 0.3) is 0 Å². The normalized spacial score (nSPS) is 12.0. The zero-order valence-electron chi connectivity index (χ0n) is 13.0. The summed E-state index contributed by atoms with van der Waals surface area (Å²) in [5.74, 6) is 0.946. The quantitative estimate of drug-likeness (QED) is 0.793. The highest BCUT2D eigenvalue weighted by molar-refractivity contribution is 5.77. The molecule has 0 saturated carbocycles. The van der Waals surface area contributed by atoms with Gasteiger partial charge in [-0.15, -0.1) is 0 Å². The molecule has 4 heteroatoms. The number of hydrogen-bond donors (Lipinski definition) is 1. The van der Waals surface area contributed by atoms with Gasteiger partial charge >= 0.3 is 0 Å². The predicted octanol–water partition coefficient (Wildman–Crippen LogP) is 2.22. The lowest BCUT2D eigenvalue weighted by atomic mass is 10.2. The Morgan fingerprint density at radius 2 is 2.20 bits per heavy atom. The van der Waals surface area contributed by atoms with Gasteiger partial charge in [0.2, 0.25) is 5.91 Å². The number of nitrogens with one attached hydrogen (secondary N) is 1. The first kappa shape index (κ1) is 16.5. The number of ether oxygens (including phenoxy) is 1. The van der Waals surface area contributed by atoms with Crippen LogP contribution < -0.4 is 10.1 Å². The molecule has 112 valence electrons. The zero-order chi connectivity index (χ0) is 15.0. The summed E-state index contributed by atoms with van der Waals surface area (Å²) in [5, 5.41) is 3.20. The van der Waals surface area contributed by atoms with E-state index in [0.29, 0.717) is 25.7 Å². The molecule has 1 unspecified atom stereocenters. The number of carbonyl (C=O) groups excluding carboxylic acids is 1. The molecule has 1 N–H and O–H groups in total. The number of carbonyl (C=O) groups is 1. The molecule has 0 spiro atoms. The van der Waals surface area contributed by atoms with Crippen molar-refractivity contribution in [2.24, 2.45) is 0 Å². The highest BCUT2D eigenvalue weighted by Crippen LogP contribution is 2.11. The van der Waals surface area contributed by atoms with Crippen molar-refractivity contribution < 1.29 is 9.53 Å². The lowest BCUT2D eigenvalue weighted by molar-refractivity contribution is -0.129. The van der Waals surface area contributed by atoms with Crippen molar-refractivity contribution in [3.63, 3.8) is 0 Å². The van der Waals surface area contributed by atoms with Gasteiger partial charge in [0, 0.05) is 13.1 Å². The third-order valence-electron chi connectivity index (χ3n) is 3.32. The monoisotopic (exact) mass is 278 g/mol. The lowest BCUT2D eigenvalue weighted by Gasteiger charge is -2.19. The van der Waals surface area contributed by atoms with Crippen LogP contribution in [0.25, 0.3) is 0 Å². The maximum absolute atomic E-state index is 11.9. The SMILES string of the molecule is CCC(C)NCC(=O)N(C)CCOc1cccc(C)c1. The van der Waals surface area contributed by atoms with Crippen LogP contribution in [0, 0.1) is 6.92 Å². The largest absolute Gasteiger partial charge is 0.492 e. The van der Waals surface area contributed by atoms with Crippen LogP contribution in [0.1, 0.15) is 25.8 Å². The molecule has 0 fully saturated rings. The molecule has 0 bridgehead atoms. The average molecular weight is 278 g/mol. The van der Waals surface area contributed by atoms with Crippen molar-refractivity contribution in [2.45, 2.75) is 33.2 Å². The van der Waals surface area contributed by atoms with Gasteiger partial charge < -0.3 is 15.0 Å². The van der Waals surface area contributed by atoms with E-state index in [2.05, 4.69) is 19.2 Å². The fourth-order valence-electron chi connectivity index (χ4n) is 1.67. The van der Waals surface area contributed by atoms with Crippen molar-refractivity contribution in [1.29, 1.82) is 0 Å². The van der Waals surface area contributed by atoms with Crippen molar-refractivity contribution >= 4 is 5.91 Å². The summed E-state index contributed by atoms with van der Waals surface area (Å²) in [6.07, 6.45) is 1.02. The molecule has 1 atom stereocenters. The molecular weight excluding hydrogens is 252 g/mol. The van der Waals surface area contributed by atoms with Gasteiger partial charge in [-0.3, -0.25) is 4.79 Å². The maximum atomic E-state index is 11.9. The van der Waals surface area contributed by atoms with Gasteiger partial charge in [-0.1, -0.05) is 19.1 Å². The summed E-state index contributed by atoms with van der Waals surface area (Å²) in [7, 11) is 1.81. The summed E-state index contributed by atoms with van der Waals surface area (Å²) in [5.41, 5.74) is 1.17. The zero-order valence-corrected chi connectivity index (χ0v) is 13.0. The Morgan fingerprint density at radius 1 is 1.45 bits per heavy atom. The summed E-state index contributed by atoms with van der Waals surface area (Å²) in [6.45, 7) is 7.69. The lowest BCUT2D eigenvalue weighted by Crippen LogP contribution is -2.40. The van der Waals surface area contributed by atoms with Crippen molar-refractivity contribution in [3.8, 4) is 5.75 Å². The second-order valence-corrected chi connectivity index (χ2v) is 5.17. The Bertz CT molecular complexity index is 421. The van der Waals surface area contributed by atoms with E-state index in [1.165, 1.54) is 5.56 Å². The highest BCUT2D eigenvalue weighted by atomic mass is 16.5. The first-order chi connectivity index (χ1) is 9.52. The highest BCUT2D eigenvalue weighted by Gasteiger charge is 2.09. The van der Waals surface area contributed by atoms with Crippen LogP contribution >= 0.6 is 0 Å². The van der Waals surface area contributed by atoms with Crippen LogP contribution in [0.2, 0.25) is 0 Å². The van der Waals surface area contributed by atoms with E-state index in [4.69, 9.17) is 4.74 Å². The molecule has 20 heavy (non-hydrogen) atoms. The second-order valence-electron chi connectivity index (χ2n) is 5.17. The summed E-state index contributed by atoms with van der Waals surface area (Å²) < 4.78 is 5.64. The minimum absolute atomic E-state index is 0.0955. The Balaban J connectivity index is 2.25. The molecule has 0 aliphatic heterocycles. The van der Waals surface area contributed by atoms with E-state index >= 15 is 0 Å². The maximum Gasteiger partial charge on any atom is 0.236 e. The van der Waals surface area contributed by atoms with Crippen LogP contribution in [0.4, 0.5) is 0 Å². The number of aryl methyl sites for hydroxylation is 1. The van der Waals surface area contributed by atoms with E-state index in [1.807, 2.05) is 31.2 Å². The van der Waals surface area contributed by atoms with E-state index in [0.717, 1.165) is 12.2 Å². The van der Waals surface area contributed by atoms with Gasteiger partial charge in [-0.05, 0) is 38.0 Å². The molecule has 0 heterocycles. The van der Waals surface area contributed by atoms with E-state index in [-0.39, 0.29) is 5.91 Å². The van der Waals surface area contributed by atoms with Crippen molar-refractivity contribution in [1.82, 2.24) is 10.2 Å². The number of amides is 1. The smallest absolute Gasteiger partial charge is 0.236 e. The third-order valence-corrected chi connectivity index (χ3v) is 3.32. The summed E-state index contributed by atoms with van der Waals surface area (Å²) >= 11 is 0. The number of nitrogens with zero attached hydrogens (tertiary/aromatic N) is 1. The van der Waals surface area contributed by atoms with Crippen LogP contribution in [0.15, 0.2) is 24.3 Å². The van der Waals surface area contributed by atoms with Crippen LogP contribution in [-0.4, -0.2) is 43.6 Å². The molecule has 1 aromatic rings. The molecule has 0 saturated heterocycles. The van der Waals surface area contributed by atoms with E-state index in [1.54, 1.807) is 11.9 Å². The molecule has 0 aliphatic rings. The van der Waals surface area contributed by atoms with E-state index < -0.39 is 0 Å². The molecule has 0 radical (unpaired) electrons. The molecule has 0 aromatic heterocycles. The van der Waals surface area contributed by atoms with Gasteiger partial charge in [0.15, 0.2) is 0 Å². The summed E-state index contributed by atoms with van der Waals surface area (Å²) in [6, 6.07) is 8.29. The number of rotatable bonds is 8. The Hall–Kier alpha value is -1.55. The first-order valence-electron chi connectivity index (χ1n) is 7.19. The van der Waals surface area contributed by atoms with Gasteiger partial charge in [0.05, 0.1) is 13.1 Å². The Kier molecular flexibility index (Phi) is 7.09. The van der Waals surface area contributed by atoms with E-state index in [9.17, 15) is 4.79 Å². The minimum atomic E-state index is 0.0955. The van der Waals surface area contributed by atoms with Gasteiger partial charge in [-0.25, -0.2) is 0 Å². The van der Waals surface area contributed by atoms with Gasteiger partial charge in [-0.2, -0.15) is 0 Å². The average Bonchev–Trinajstić information content (AvgIpc) is 2.44. The van der Waals surface area contributed by atoms with Crippen LogP contribution in [0.3, 0.4) is 0 Å². The molecule has 4 nitrogen and oxygen atoms in total. The molecule has 1 rings (SSSR count). The fraction of sp³-hybridized carbons (Fsp3) is 0.562. The van der Waals surface area contributed by atoms with Crippen LogP contribution in [-0.2, 0) is 4.79 Å². The third kappa shape index (κ3) is 6.06. The number of benzene rings is 1. The Morgan fingerprint density at radius 3 is 2.85 bits per heavy atom. The minimum Gasteiger partial charge on any atom is -0.492 e. The molecule has 1 aromatic carbocycles. The first-order valence-corrected chi connectivity index (χ1v) is 7.19. The number of likely N-dealkylation sites (N-methyl/N-ethyl adjacent to an activating group) is 1. The Labute approximate surface area is 122 Å². The summed E-state index contributed by atoms with van der Waals surface area (Å²) in [4.78, 5) is 13.6. The standard InChI is InChI=1S/C16H26N2O2/c1-5-14(3)17-12-16(19)18(4)9-10-20-15-8-6-7-13(2)11-15/h6-8,11,14,17H,5,9-10,12H2,1-4H3. The van der Waals surface area contributed by atoms with Crippen molar-refractivity contribution in [2.75, 3.05) is 26.7 Å². The van der Waals surface area contributed by atoms with Crippen molar-refractivity contribution in [3.05, 3.63) is 29.8 Å². The topological polar surface area (TPSA) is 41.6 Å². The molecule has 1 amide bonds. The second kappa shape index (κ2) is 8.59.